The van der Waals surface area contributed by atoms with Gasteiger partial charge in [0.15, 0.2) is 11.5 Å². The van der Waals surface area contributed by atoms with E-state index in [1.165, 1.54) is 4.52 Å². The van der Waals surface area contributed by atoms with Gasteiger partial charge in [-0.25, -0.2) is 8.78 Å². The lowest BCUT2D eigenvalue weighted by Crippen LogP contribution is -2.15. The molecule has 4 rings (SSSR count). The van der Waals surface area contributed by atoms with E-state index in [1.807, 2.05) is 24.3 Å². The molecule has 158 valence electrons. The molecule has 0 aliphatic rings. The number of benzene rings is 2. The number of hydrogen-bond donors (Lipinski definition) is 2. The highest BCUT2D eigenvalue weighted by Crippen LogP contribution is 2.18. The standard InChI is InChI=1S/C21H17ClF2N6O/c22-15-4-2-1-3-13(15)12-25-18-7-8-19-27-28-20(30(19)29-18)9-10-21(31)26-17-11-14(23)5-6-16(17)24/h1-8,11H,9-10,12H2,(H,25,29)(H,26,31). The second-order valence-electron chi connectivity index (χ2n) is 6.72. The topological polar surface area (TPSA) is 84.2 Å². The molecule has 0 saturated carbocycles. The summed E-state index contributed by atoms with van der Waals surface area (Å²) in [5, 5.41) is 18.8. The highest BCUT2D eigenvalue weighted by atomic mass is 35.5. The van der Waals surface area contributed by atoms with Crippen LogP contribution in [0.5, 0.6) is 0 Å². The highest BCUT2D eigenvalue weighted by molar-refractivity contribution is 6.31. The van der Waals surface area contributed by atoms with E-state index >= 15 is 0 Å². The molecule has 0 unspecified atom stereocenters. The number of carbonyl (C=O) groups excluding carboxylic acids is 1. The number of anilines is 2. The minimum atomic E-state index is -0.710. The van der Waals surface area contributed by atoms with Crippen molar-refractivity contribution in [2.45, 2.75) is 19.4 Å². The van der Waals surface area contributed by atoms with Gasteiger partial charge in [-0.15, -0.1) is 15.3 Å². The van der Waals surface area contributed by atoms with Crippen LogP contribution in [0.4, 0.5) is 20.3 Å². The highest BCUT2D eigenvalue weighted by Gasteiger charge is 2.12. The average Bonchev–Trinajstić information content (AvgIpc) is 3.16. The number of carbonyl (C=O) groups is 1. The number of aryl methyl sites for hydroxylation is 1. The second-order valence-corrected chi connectivity index (χ2v) is 7.13. The number of fused-ring (bicyclic) bond motifs is 1. The number of amides is 1. The zero-order valence-corrected chi connectivity index (χ0v) is 16.9. The first-order valence-electron chi connectivity index (χ1n) is 9.43. The van der Waals surface area contributed by atoms with Crippen molar-refractivity contribution in [3.05, 3.63) is 82.6 Å². The Kier molecular flexibility index (Phi) is 6.03. The molecule has 1 amide bonds. The molecule has 0 bridgehead atoms. The Hall–Kier alpha value is -3.59. The molecule has 0 radical (unpaired) electrons. The molecule has 0 aliphatic heterocycles. The van der Waals surface area contributed by atoms with Gasteiger partial charge in [-0.1, -0.05) is 29.8 Å². The summed E-state index contributed by atoms with van der Waals surface area (Å²) in [6, 6.07) is 13.9. The molecule has 0 saturated heterocycles. The maximum absolute atomic E-state index is 13.7. The lowest BCUT2D eigenvalue weighted by molar-refractivity contribution is -0.116. The number of aromatic nitrogens is 4. The third-order valence-electron chi connectivity index (χ3n) is 4.52. The molecule has 2 aromatic heterocycles. The third kappa shape index (κ3) is 4.95. The van der Waals surface area contributed by atoms with E-state index in [1.54, 1.807) is 12.1 Å². The van der Waals surface area contributed by atoms with Gasteiger partial charge in [-0.05, 0) is 35.9 Å². The number of nitrogens with zero attached hydrogens (tertiary/aromatic N) is 4. The van der Waals surface area contributed by atoms with E-state index < -0.39 is 17.5 Å². The van der Waals surface area contributed by atoms with Crippen molar-refractivity contribution in [1.82, 2.24) is 19.8 Å². The van der Waals surface area contributed by atoms with Crippen molar-refractivity contribution in [3.8, 4) is 0 Å². The maximum Gasteiger partial charge on any atom is 0.224 e. The molecule has 0 fully saturated rings. The Morgan fingerprint density at radius 2 is 1.90 bits per heavy atom. The summed E-state index contributed by atoms with van der Waals surface area (Å²) in [7, 11) is 0. The van der Waals surface area contributed by atoms with Crippen LogP contribution in [-0.4, -0.2) is 25.7 Å². The molecule has 2 aromatic carbocycles. The molecule has 2 N–H and O–H groups in total. The number of rotatable bonds is 7. The van der Waals surface area contributed by atoms with Gasteiger partial charge in [0.25, 0.3) is 0 Å². The molecule has 10 heteroatoms. The van der Waals surface area contributed by atoms with Gasteiger partial charge < -0.3 is 10.6 Å². The first kappa shape index (κ1) is 20.7. The molecule has 0 aliphatic carbocycles. The van der Waals surface area contributed by atoms with Crippen molar-refractivity contribution in [2.75, 3.05) is 10.6 Å². The zero-order valence-electron chi connectivity index (χ0n) is 16.1. The van der Waals surface area contributed by atoms with E-state index in [0.29, 0.717) is 28.9 Å². The Morgan fingerprint density at radius 3 is 2.74 bits per heavy atom. The molecule has 7 nitrogen and oxygen atoms in total. The lowest BCUT2D eigenvalue weighted by atomic mass is 10.2. The minimum absolute atomic E-state index is 0.00426. The summed E-state index contributed by atoms with van der Waals surface area (Å²) in [6.45, 7) is 0.483. The van der Waals surface area contributed by atoms with E-state index in [0.717, 1.165) is 23.8 Å². The van der Waals surface area contributed by atoms with Crippen LogP contribution in [0.1, 0.15) is 17.8 Å². The summed E-state index contributed by atoms with van der Waals surface area (Å²) < 4.78 is 28.5. The Labute approximate surface area is 181 Å². The van der Waals surface area contributed by atoms with Crippen LogP contribution in [0, 0.1) is 11.6 Å². The van der Waals surface area contributed by atoms with Crippen LogP contribution in [0.15, 0.2) is 54.6 Å². The normalized spacial score (nSPS) is 10.9. The molecule has 4 aromatic rings. The summed E-state index contributed by atoms with van der Waals surface area (Å²) in [6.07, 6.45) is 0.209. The molecule has 2 heterocycles. The first-order chi connectivity index (χ1) is 15.0. The van der Waals surface area contributed by atoms with Crippen LogP contribution in [-0.2, 0) is 17.8 Å². The maximum atomic E-state index is 13.7. The van der Waals surface area contributed by atoms with E-state index in [2.05, 4.69) is 25.9 Å². The van der Waals surface area contributed by atoms with Crippen LogP contribution < -0.4 is 10.6 Å². The third-order valence-corrected chi connectivity index (χ3v) is 4.89. The van der Waals surface area contributed by atoms with Gasteiger partial charge in [-0.3, -0.25) is 4.79 Å². The van der Waals surface area contributed by atoms with Gasteiger partial charge in [0, 0.05) is 30.5 Å². The van der Waals surface area contributed by atoms with Crippen LogP contribution in [0.3, 0.4) is 0 Å². The largest absolute Gasteiger partial charge is 0.364 e. The van der Waals surface area contributed by atoms with Gasteiger partial charge in [-0.2, -0.15) is 4.52 Å². The summed E-state index contributed by atoms with van der Waals surface area (Å²) >= 11 is 6.17. The Morgan fingerprint density at radius 1 is 1.06 bits per heavy atom. The first-order valence-corrected chi connectivity index (χ1v) is 9.81. The number of hydrogen-bond acceptors (Lipinski definition) is 5. The smallest absolute Gasteiger partial charge is 0.224 e. The summed E-state index contributed by atoms with van der Waals surface area (Å²) in [4.78, 5) is 12.2. The van der Waals surface area contributed by atoms with Crippen molar-refractivity contribution >= 4 is 34.7 Å². The molecule has 0 spiro atoms. The molecular formula is C21H17ClF2N6O. The van der Waals surface area contributed by atoms with Crippen LogP contribution in [0.25, 0.3) is 5.65 Å². The molecule has 0 atom stereocenters. The number of nitrogens with one attached hydrogen (secondary N) is 2. The van der Waals surface area contributed by atoms with Crippen LogP contribution in [0.2, 0.25) is 5.02 Å². The lowest BCUT2D eigenvalue weighted by Gasteiger charge is -2.08. The van der Waals surface area contributed by atoms with Crippen molar-refractivity contribution < 1.29 is 13.6 Å². The van der Waals surface area contributed by atoms with Crippen molar-refractivity contribution in [2.24, 2.45) is 0 Å². The molecular weight excluding hydrogens is 426 g/mol. The van der Waals surface area contributed by atoms with Gasteiger partial charge >= 0.3 is 0 Å². The summed E-state index contributed by atoms with van der Waals surface area (Å²) in [5.41, 5.74) is 1.24. The quantitative estimate of drug-likeness (QED) is 0.447. The van der Waals surface area contributed by atoms with Gasteiger partial charge in [0.05, 0.1) is 5.69 Å². The van der Waals surface area contributed by atoms with E-state index in [9.17, 15) is 13.6 Å². The summed E-state index contributed by atoms with van der Waals surface area (Å²) in [5.74, 6) is -0.778. The predicted molar refractivity (Wildman–Crippen MR) is 113 cm³/mol. The van der Waals surface area contributed by atoms with Gasteiger partial charge in [0.1, 0.15) is 17.5 Å². The fraction of sp³-hybridized carbons (Fsp3) is 0.143. The van der Waals surface area contributed by atoms with Crippen molar-refractivity contribution in [1.29, 1.82) is 0 Å². The van der Waals surface area contributed by atoms with Gasteiger partial charge in [0.2, 0.25) is 5.91 Å². The fourth-order valence-electron chi connectivity index (χ4n) is 2.94. The Bertz CT molecular complexity index is 1250. The average molecular weight is 443 g/mol. The predicted octanol–water partition coefficient (Wildman–Crippen LogP) is 4.24. The van der Waals surface area contributed by atoms with Crippen molar-refractivity contribution in [3.63, 3.8) is 0 Å². The Balaban J connectivity index is 1.42. The minimum Gasteiger partial charge on any atom is -0.364 e. The second kappa shape index (κ2) is 9.05. The van der Waals surface area contributed by atoms with E-state index in [-0.39, 0.29) is 18.5 Å². The van der Waals surface area contributed by atoms with Crippen LogP contribution >= 0.6 is 11.6 Å². The molecule has 31 heavy (non-hydrogen) atoms. The van der Waals surface area contributed by atoms with E-state index in [4.69, 9.17) is 11.6 Å². The number of halogens is 3. The fourth-order valence-corrected chi connectivity index (χ4v) is 3.14. The zero-order chi connectivity index (χ0) is 21.8. The monoisotopic (exact) mass is 442 g/mol. The SMILES string of the molecule is O=C(CCc1nnc2ccc(NCc3ccccc3Cl)nn12)Nc1cc(F)ccc1F.